The molecule has 0 atom stereocenters. The van der Waals surface area contributed by atoms with Crippen molar-refractivity contribution in [3.05, 3.63) is 65.2 Å². The van der Waals surface area contributed by atoms with Gasteiger partial charge in [0.05, 0.1) is 0 Å². The fourth-order valence-corrected chi connectivity index (χ4v) is 2.07. The first-order valence-corrected chi connectivity index (χ1v) is 7.26. The van der Waals surface area contributed by atoms with Gasteiger partial charge >= 0.3 is 0 Å². The van der Waals surface area contributed by atoms with Gasteiger partial charge in [-0.1, -0.05) is 43.3 Å². The van der Waals surface area contributed by atoms with Crippen LogP contribution in [-0.4, -0.2) is 13.2 Å². The Balaban J connectivity index is 1.66. The van der Waals surface area contributed by atoms with Crippen LogP contribution in [0.1, 0.15) is 23.6 Å². The summed E-state index contributed by atoms with van der Waals surface area (Å²) in [5.74, 6) is 0.944. The molecule has 2 rings (SSSR count). The van der Waals surface area contributed by atoms with E-state index in [-0.39, 0.29) is 0 Å². The van der Waals surface area contributed by atoms with Crippen molar-refractivity contribution in [2.24, 2.45) is 0 Å². The maximum absolute atomic E-state index is 5.70. The van der Waals surface area contributed by atoms with Gasteiger partial charge in [-0.25, -0.2) is 0 Å². The topological polar surface area (TPSA) is 21.3 Å². The zero-order valence-electron chi connectivity index (χ0n) is 12.4. The summed E-state index contributed by atoms with van der Waals surface area (Å²) in [5.41, 5.74) is 3.93. The van der Waals surface area contributed by atoms with Crippen molar-refractivity contribution >= 4 is 0 Å². The Kier molecular flexibility index (Phi) is 5.63. The molecule has 20 heavy (non-hydrogen) atoms. The molecule has 2 aromatic carbocycles. The SMILES string of the molecule is CCc1ccc(CNCCOc2cccc(C)c2)cc1. The number of hydrogen-bond donors (Lipinski definition) is 1. The van der Waals surface area contributed by atoms with Crippen molar-refractivity contribution in [3.8, 4) is 5.75 Å². The normalized spacial score (nSPS) is 10.5. The first kappa shape index (κ1) is 14.6. The van der Waals surface area contributed by atoms with Gasteiger partial charge in [-0.3, -0.25) is 0 Å². The molecular weight excluding hydrogens is 246 g/mol. The largest absolute Gasteiger partial charge is 0.492 e. The van der Waals surface area contributed by atoms with E-state index in [9.17, 15) is 0 Å². The van der Waals surface area contributed by atoms with Crippen LogP contribution in [0.2, 0.25) is 0 Å². The fraction of sp³-hybridized carbons (Fsp3) is 0.333. The van der Waals surface area contributed by atoms with Crippen LogP contribution < -0.4 is 10.1 Å². The van der Waals surface area contributed by atoms with E-state index in [1.165, 1.54) is 16.7 Å². The molecule has 0 aliphatic carbocycles. The molecule has 2 heteroatoms. The maximum atomic E-state index is 5.70. The predicted octanol–water partition coefficient (Wildman–Crippen LogP) is 3.73. The van der Waals surface area contributed by atoms with Gasteiger partial charge < -0.3 is 10.1 Å². The summed E-state index contributed by atoms with van der Waals surface area (Å²) in [6.45, 7) is 6.68. The lowest BCUT2D eigenvalue weighted by atomic mass is 10.1. The second-order valence-electron chi connectivity index (χ2n) is 5.01. The Morgan fingerprint density at radius 1 is 1.00 bits per heavy atom. The molecule has 0 radical (unpaired) electrons. The van der Waals surface area contributed by atoms with E-state index in [0.717, 1.165) is 25.3 Å². The molecule has 0 aliphatic heterocycles. The molecule has 0 saturated carbocycles. The highest BCUT2D eigenvalue weighted by Gasteiger charge is 1.95. The van der Waals surface area contributed by atoms with Gasteiger partial charge in [0.15, 0.2) is 0 Å². The van der Waals surface area contributed by atoms with Gasteiger partial charge in [-0.2, -0.15) is 0 Å². The lowest BCUT2D eigenvalue weighted by molar-refractivity contribution is 0.313. The van der Waals surface area contributed by atoms with Crippen LogP contribution in [0, 0.1) is 6.92 Å². The van der Waals surface area contributed by atoms with Crippen molar-refractivity contribution in [1.29, 1.82) is 0 Å². The summed E-state index contributed by atoms with van der Waals surface area (Å²) in [6.07, 6.45) is 1.10. The number of hydrogen-bond acceptors (Lipinski definition) is 2. The van der Waals surface area contributed by atoms with Gasteiger partial charge in [0, 0.05) is 13.1 Å². The lowest BCUT2D eigenvalue weighted by Gasteiger charge is -2.08. The second kappa shape index (κ2) is 7.71. The maximum Gasteiger partial charge on any atom is 0.119 e. The highest BCUT2D eigenvalue weighted by molar-refractivity contribution is 5.27. The summed E-state index contributed by atoms with van der Waals surface area (Å²) in [7, 11) is 0. The Hall–Kier alpha value is -1.80. The Labute approximate surface area is 121 Å². The number of ether oxygens (including phenoxy) is 1. The fourth-order valence-electron chi connectivity index (χ4n) is 2.07. The molecular formula is C18H23NO. The number of aryl methyl sites for hydroxylation is 2. The summed E-state index contributed by atoms with van der Waals surface area (Å²) in [4.78, 5) is 0. The molecule has 0 aromatic heterocycles. The standard InChI is InChI=1S/C18H23NO/c1-3-16-7-9-17(10-8-16)14-19-11-12-20-18-6-4-5-15(2)13-18/h4-10,13,19H,3,11-12,14H2,1-2H3. The molecule has 0 unspecified atom stereocenters. The average Bonchev–Trinajstić information content (AvgIpc) is 2.48. The van der Waals surface area contributed by atoms with E-state index in [4.69, 9.17) is 4.74 Å². The first-order chi connectivity index (χ1) is 9.78. The van der Waals surface area contributed by atoms with Gasteiger partial charge in [0.2, 0.25) is 0 Å². The minimum atomic E-state index is 0.691. The van der Waals surface area contributed by atoms with E-state index in [1.807, 2.05) is 12.1 Å². The Morgan fingerprint density at radius 2 is 1.75 bits per heavy atom. The Morgan fingerprint density at radius 3 is 2.45 bits per heavy atom. The summed E-state index contributed by atoms with van der Waals surface area (Å²) in [5, 5.41) is 3.40. The van der Waals surface area contributed by atoms with Crippen molar-refractivity contribution in [1.82, 2.24) is 5.32 Å². The predicted molar refractivity (Wildman–Crippen MR) is 84.2 cm³/mol. The van der Waals surface area contributed by atoms with Crippen molar-refractivity contribution in [2.45, 2.75) is 26.8 Å². The molecule has 0 spiro atoms. The van der Waals surface area contributed by atoms with Crippen LogP contribution in [0.25, 0.3) is 0 Å². The number of nitrogens with one attached hydrogen (secondary N) is 1. The van der Waals surface area contributed by atoms with Crippen LogP contribution in [0.15, 0.2) is 48.5 Å². The third-order valence-electron chi connectivity index (χ3n) is 3.30. The molecule has 0 saturated heterocycles. The molecule has 2 aromatic rings. The molecule has 0 bridgehead atoms. The minimum absolute atomic E-state index is 0.691. The highest BCUT2D eigenvalue weighted by atomic mass is 16.5. The molecule has 2 nitrogen and oxygen atoms in total. The van der Waals surface area contributed by atoms with Gasteiger partial charge in [0.25, 0.3) is 0 Å². The van der Waals surface area contributed by atoms with Gasteiger partial charge in [-0.05, 0) is 42.2 Å². The van der Waals surface area contributed by atoms with E-state index in [0.29, 0.717) is 6.61 Å². The van der Waals surface area contributed by atoms with Crippen LogP contribution in [0.4, 0.5) is 0 Å². The van der Waals surface area contributed by atoms with E-state index in [1.54, 1.807) is 0 Å². The van der Waals surface area contributed by atoms with Gasteiger partial charge in [0.1, 0.15) is 12.4 Å². The number of benzene rings is 2. The molecule has 0 fully saturated rings. The van der Waals surface area contributed by atoms with Crippen LogP contribution >= 0.6 is 0 Å². The molecule has 106 valence electrons. The van der Waals surface area contributed by atoms with E-state index in [2.05, 4.69) is 55.6 Å². The zero-order valence-corrected chi connectivity index (χ0v) is 12.4. The number of rotatable bonds is 7. The summed E-state index contributed by atoms with van der Waals surface area (Å²) in [6, 6.07) is 16.9. The van der Waals surface area contributed by atoms with Crippen LogP contribution in [-0.2, 0) is 13.0 Å². The van der Waals surface area contributed by atoms with Crippen molar-refractivity contribution < 1.29 is 4.74 Å². The Bertz CT molecular complexity index is 519. The molecule has 0 heterocycles. The molecule has 1 N–H and O–H groups in total. The first-order valence-electron chi connectivity index (χ1n) is 7.26. The summed E-state index contributed by atoms with van der Waals surface area (Å²) < 4.78 is 5.70. The second-order valence-corrected chi connectivity index (χ2v) is 5.01. The van der Waals surface area contributed by atoms with Crippen molar-refractivity contribution in [2.75, 3.05) is 13.2 Å². The summed E-state index contributed by atoms with van der Waals surface area (Å²) >= 11 is 0. The molecule has 0 amide bonds. The average molecular weight is 269 g/mol. The third kappa shape index (κ3) is 4.71. The van der Waals surface area contributed by atoms with Gasteiger partial charge in [-0.15, -0.1) is 0 Å². The quantitative estimate of drug-likeness (QED) is 0.773. The van der Waals surface area contributed by atoms with E-state index >= 15 is 0 Å². The van der Waals surface area contributed by atoms with Crippen molar-refractivity contribution in [3.63, 3.8) is 0 Å². The minimum Gasteiger partial charge on any atom is -0.492 e. The zero-order chi connectivity index (χ0) is 14.2. The molecule has 0 aliphatic rings. The highest BCUT2D eigenvalue weighted by Crippen LogP contribution is 2.11. The third-order valence-corrected chi connectivity index (χ3v) is 3.30. The lowest BCUT2D eigenvalue weighted by Crippen LogP contribution is -2.20. The monoisotopic (exact) mass is 269 g/mol. The van der Waals surface area contributed by atoms with Crippen LogP contribution in [0.5, 0.6) is 5.75 Å². The van der Waals surface area contributed by atoms with Crippen LogP contribution in [0.3, 0.4) is 0 Å². The smallest absolute Gasteiger partial charge is 0.119 e. The van der Waals surface area contributed by atoms with E-state index < -0.39 is 0 Å².